The zero-order chi connectivity index (χ0) is 14.8. The monoisotopic (exact) mass is 281 g/mol. The predicted octanol–water partition coefficient (Wildman–Crippen LogP) is 3.49. The van der Waals surface area contributed by atoms with Gasteiger partial charge in [0.05, 0.1) is 29.4 Å². The maximum Gasteiger partial charge on any atom is 0.417 e. The summed E-state index contributed by atoms with van der Waals surface area (Å²) in [7, 11) is 0. The lowest BCUT2D eigenvalue weighted by Crippen LogP contribution is -2.09. The third-order valence-corrected chi connectivity index (χ3v) is 2.59. The van der Waals surface area contributed by atoms with Crippen LogP contribution in [0.4, 0.5) is 18.9 Å². The summed E-state index contributed by atoms with van der Waals surface area (Å²) in [6, 6.07) is 6.67. The summed E-state index contributed by atoms with van der Waals surface area (Å²) < 4.78 is 43.3. The summed E-state index contributed by atoms with van der Waals surface area (Å²) in [6.45, 7) is 1.96. The zero-order valence-electron chi connectivity index (χ0n) is 10.5. The van der Waals surface area contributed by atoms with Crippen LogP contribution in [-0.2, 0) is 12.7 Å². The van der Waals surface area contributed by atoms with Crippen molar-refractivity contribution in [2.45, 2.75) is 19.6 Å². The number of hydrogen-bond acceptors (Lipinski definition) is 4. The van der Waals surface area contributed by atoms with Gasteiger partial charge in [0.25, 0.3) is 0 Å². The molecule has 0 amide bonds. The van der Waals surface area contributed by atoms with Crippen LogP contribution in [0, 0.1) is 18.3 Å². The second kappa shape index (κ2) is 5.25. The van der Waals surface area contributed by atoms with E-state index in [9.17, 15) is 13.2 Å². The Hall–Kier alpha value is -2.49. The van der Waals surface area contributed by atoms with Crippen molar-refractivity contribution in [1.29, 1.82) is 5.26 Å². The Morgan fingerprint density at radius 1 is 1.35 bits per heavy atom. The van der Waals surface area contributed by atoms with Crippen molar-refractivity contribution in [3.8, 4) is 6.07 Å². The average molecular weight is 281 g/mol. The number of halogens is 3. The molecule has 1 heterocycles. The van der Waals surface area contributed by atoms with Gasteiger partial charge in [0.15, 0.2) is 5.76 Å². The van der Waals surface area contributed by atoms with Gasteiger partial charge < -0.3 is 9.84 Å². The fraction of sp³-hybridized carbons (Fsp3) is 0.231. The predicted molar refractivity (Wildman–Crippen MR) is 64.7 cm³/mol. The van der Waals surface area contributed by atoms with Gasteiger partial charge in [-0.3, -0.25) is 0 Å². The van der Waals surface area contributed by atoms with Crippen molar-refractivity contribution in [3.05, 3.63) is 46.8 Å². The molecule has 0 saturated carbocycles. The number of nitrogens with zero attached hydrogens (tertiary/aromatic N) is 2. The Kier molecular flexibility index (Phi) is 3.66. The van der Waals surface area contributed by atoms with Crippen LogP contribution in [0.2, 0.25) is 0 Å². The molecule has 0 aliphatic rings. The summed E-state index contributed by atoms with van der Waals surface area (Å²) in [4.78, 5) is 0. The third-order valence-electron chi connectivity index (χ3n) is 2.59. The highest BCUT2D eigenvalue weighted by Gasteiger charge is 2.33. The normalized spacial score (nSPS) is 11.2. The van der Waals surface area contributed by atoms with Gasteiger partial charge in [-0.05, 0) is 25.1 Å². The van der Waals surface area contributed by atoms with E-state index in [1.165, 1.54) is 12.1 Å². The van der Waals surface area contributed by atoms with E-state index in [2.05, 4.69) is 10.5 Å². The van der Waals surface area contributed by atoms with Crippen LogP contribution < -0.4 is 5.32 Å². The summed E-state index contributed by atoms with van der Waals surface area (Å²) in [5.41, 5.74) is -0.416. The van der Waals surface area contributed by atoms with Crippen molar-refractivity contribution in [1.82, 2.24) is 5.16 Å². The quantitative estimate of drug-likeness (QED) is 0.935. The number of aromatic nitrogens is 1. The Balaban J connectivity index is 2.19. The minimum absolute atomic E-state index is 0.212. The minimum Gasteiger partial charge on any atom is -0.378 e. The molecule has 2 aromatic rings. The number of nitrogens with one attached hydrogen (secondary N) is 1. The second-order valence-corrected chi connectivity index (χ2v) is 4.16. The van der Waals surface area contributed by atoms with Crippen LogP contribution in [0.5, 0.6) is 0 Å². The van der Waals surface area contributed by atoms with Crippen LogP contribution in [0.15, 0.2) is 28.8 Å². The fourth-order valence-electron chi connectivity index (χ4n) is 1.68. The van der Waals surface area contributed by atoms with Crippen molar-refractivity contribution in [2.75, 3.05) is 5.32 Å². The van der Waals surface area contributed by atoms with E-state index in [-0.39, 0.29) is 12.2 Å². The molecule has 0 saturated heterocycles. The zero-order valence-corrected chi connectivity index (χ0v) is 10.5. The van der Waals surface area contributed by atoms with Gasteiger partial charge in [0, 0.05) is 11.8 Å². The first-order valence-corrected chi connectivity index (χ1v) is 5.67. The molecule has 4 nitrogen and oxygen atoms in total. The molecular weight excluding hydrogens is 271 g/mol. The van der Waals surface area contributed by atoms with Gasteiger partial charge in [-0.1, -0.05) is 5.16 Å². The molecular formula is C13H10F3N3O. The molecule has 0 aliphatic carbocycles. The van der Waals surface area contributed by atoms with E-state index < -0.39 is 17.3 Å². The highest BCUT2D eigenvalue weighted by atomic mass is 19.4. The van der Waals surface area contributed by atoms with Gasteiger partial charge >= 0.3 is 6.18 Å². The lowest BCUT2D eigenvalue weighted by atomic mass is 10.1. The number of alkyl halides is 3. The van der Waals surface area contributed by atoms with Crippen molar-refractivity contribution >= 4 is 5.69 Å². The topological polar surface area (TPSA) is 61.9 Å². The fourth-order valence-corrected chi connectivity index (χ4v) is 1.68. The largest absolute Gasteiger partial charge is 0.417 e. The molecule has 0 fully saturated rings. The van der Waals surface area contributed by atoms with Gasteiger partial charge in [0.1, 0.15) is 0 Å². The Labute approximate surface area is 112 Å². The van der Waals surface area contributed by atoms with E-state index in [0.717, 1.165) is 12.1 Å². The SMILES string of the molecule is Cc1cc(CNc2ccc(C#N)c(C(F)(F)F)c2)on1. The van der Waals surface area contributed by atoms with Crippen LogP contribution in [0.3, 0.4) is 0 Å². The maximum atomic E-state index is 12.8. The van der Waals surface area contributed by atoms with E-state index in [1.54, 1.807) is 13.0 Å². The molecule has 0 radical (unpaired) electrons. The smallest absolute Gasteiger partial charge is 0.378 e. The van der Waals surface area contributed by atoms with Crippen molar-refractivity contribution < 1.29 is 17.7 Å². The summed E-state index contributed by atoms with van der Waals surface area (Å²) in [5, 5.41) is 15.2. The van der Waals surface area contributed by atoms with Crippen molar-refractivity contribution in [2.24, 2.45) is 0 Å². The summed E-state index contributed by atoms with van der Waals surface area (Å²) in [6.07, 6.45) is -4.56. The lowest BCUT2D eigenvalue weighted by Gasteiger charge is -2.11. The highest BCUT2D eigenvalue weighted by Crippen LogP contribution is 2.33. The summed E-state index contributed by atoms with van der Waals surface area (Å²) >= 11 is 0. The molecule has 1 aromatic heterocycles. The van der Waals surface area contributed by atoms with Gasteiger partial charge in [-0.25, -0.2) is 0 Å². The van der Waals surface area contributed by atoms with E-state index >= 15 is 0 Å². The van der Waals surface area contributed by atoms with Crippen molar-refractivity contribution in [3.63, 3.8) is 0 Å². The molecule has 0 spiro atoms. The number of aryl methyl sites for hydroxylation is 1. The first kappa shape index (κ1) is 13.9. The molecule has 1 aromatic carbocycles. The second-order valence-electron chi connectivity index (χ2n) is 4.16. The number of anilines is 1. The van der Waals surface area contributed by atoms with E-state index in [1.807, 2.05) is 0 Å². The van der Waals surface area contributed by atoms with Crippen LogP contribution in [0.25, 0.3) is 0 Å². The summed E-state index contributed by atoms with van der Waals surface area (Å²) in [5.74, 6) is 0.514. The molecule has 0 bridgehead atoms. The Bertz CT molecular complexity index is 656. The number of benzene rings is 1. The Morgan fingerprint density at radius 2 is 2.10 bits per heavy atom. The van der Waals surface area contributed by atoms with E-state index in [4.69, 9.17) is 9.78 Å². The molecule has 2 rings (SSSR count). The standard InChI is InChI=1S/C13H10F3N3O/c1-8-4-11(20-19-8)7-18-10-3-2-9(6-17)12(5-10)13(14,15)16/h2-5,18H,7H2,1H3. The maximum absolute atomic E-state index is 12.8. The first-order valence-electron chi connectivity index (χ1n) is 5.67. The Morgan fingerprint density at radius 3 is 2.65 bits per heavy atom. The van der Waals surface area contributed by atoms with Gasteiger partial charge in [-0.2, -0.15) is 18.4 Å². The molecule has 0 unspecified atom stereocenters. The molecule has 1 N–H and O–H groups in total. The van der Waals surface area contributed by atoms with Crippen LogP contribution >= 0.6 is 0 Å². The highest BCUT2D eigenvalue weighted by molar-refractivity contribution is 5.53. The number of hydrogen-bond donors (Lipinski definition) is 1. The lowest BCUT2D eigenvalue weighted by molar-refractivity contribution is -0.137. The average Bonchev–Trinajstić information content (AvgIpc) is 2.81. The van der Waals surface area contributed by atoms with Crippen LogP contribution in [-0.4, -0.2) is 5.16 Å². The molecule has 104 valence electrons. The van der Waals surface area contributed by atoms with E-state index in [0.29, 0.717) is 11.5 Å². The first-order chi connectivity index (χ1) is 9.40. The molecule has 7 heteroatoms. The molecule has 0 atom stereocenters. The third kappa shape index (κ3) is 3.09. The van der Waals surface area contributed by atoms with Gasteiger partial charge in [-0.15, -0.1) is 0 Å². The molecule has 0 aliphatic heterocycles. The van der Waals surface area contributed by atoms with Crippen LogP contribution in [0.1, 0.15) is 22.6 Å². The number of nitriles is 1. The van der Waals surface area contributed by atoms with Gasteiger partial charge in [0.2, 0.25) is 0 Å². The minimum atomic E-state index is -4.56. The molecule has 20 heavy (non-hydrogen) atoms. The number of rotatable bonds is 3.